The highest BCUT2D eigenvalue weighted by molar-refractivity contribution is 4.90. The van der Waals surface area contributed by atoms with E-state index in [4.69, 9.17) is 14.2 Å². The van der Waals surface area contributed by atoms with Gasteiger partial charge in [0.25, 0.3) is 0 Å². The number of aliphatic hydroxyl groups is 6. The highest BCUT2D eigenvalue weighted by atomic mass is 16.8. The van der Waals surface area contributed by atoms with Gasteiger partial charge in [-0.1, -0.05) is 0 Å². The van der Waals surface area contributed by atoms with Crippen molar-refractivity contribution in [1.82, 2.24) is 0 Å². The molecular weight excluding hydrogens is 288 g/mol. The van der Waals surface area contributed by atoms with Gasteiger partial charge in [0, 0.05) is 0 Å². The summed E-state index contributed by atoms with van der Waals surface area (Å²) in [5.41, 5.74) is 0. The molecule has 0 aromatic heterocycles. The Balaban J connectivity index is 2.03. The lowest BCUT2D eigenvalue weighted by atomic mass is 9.99. The summed E-state index contributed by atoms with van der Waals surface area (Å²) in [7, 11) is 0. The highest BCUT2D eigenvalue weighted by Crippen LogP contribution is 2.27. The average molecular weight is 310 g/mol. The third-order valence-electron chi connectivity index (χ3n) is 3.89. The smallest absolute Gasteiger partial charge is 0.189 e. The van der Waals surface area contributed by atoms with E-state index in [9.17, 15) is 30.6 Å². The number of hydrogen-bond donors (Lipinski definition) is 6. The van der Waals surface area contributed by atoms with Gasteiger partial charge in [-0.15, -0.1) is 0 Å². The lowest BCUT2D eigenvalue weighted by Gasteiger charge is -2.44. The molecule has 0 amide bonds. The standard InChI is InChI=1S/C12H22O9/c1-3-5(13)7(15)9(17)11(19-3)21-12-10(18)8(16)6(14)4(2)20-12/h3-18H,1-2H3/t3-,4-,5+,6+,7+,8+,9-,10-,11?,12?/m0/s1. The van der Waals surface area contributed by atoms with E-state index >= 15 is 0 Å². The van der Waals surface area contributed by atoms with Crippen molar-refractivity contribution in [3.05, 3.63) is 0 Å². The minimum atomic E-state index is -1.55. The Hall–Kier alpha value is -0.360. The van der Waals surface area contributed by atoms with Crippen molar-refractivity contribution in [3.63, 3.8) is 0 Å². The van der Waals surface area contributed by atoms with Gasteiger partial charge in [-0.2, -0.15) is 0 Å². The molecule has 2 saturated heterocycles. The van der Waals surface area contributed by atoms with Crippen molar-refractivity contribution >= 4 is 0 Å². The predicted octanol–water partition coefficient (Wildman–Crippen LogP) is -3.34. The summed E-state index contributed by atoms with van der Waals surface area (Å²) in [6.45, 7) is 2.96. The normalized spacial score (nSPS) is 55.4. The molecule has 2 heterocycles. The highest BCUT2D eigenvalue weighted by Gasteiger charge is 2.48. The summed E-state index contributed by atoms with van der Waals surface area (Å²) in [6, 6.07) is 0. The summed E-state index contributed by atoms with van der Waals surface area (Å²) in [6.07, 6.45) is -12.9. The van der Waals surface area contributed by atoms with Crippen molar-refractivity contribution in [2.75, 3.05) is 0 Å². The molecule has 9 heteroatoms. The molecule has 9 nitrogen and oxygen atoms in total. The quantitative estimate of drug-likeness (QED) is 0.308. The molecule has 2 fully saturated rings. The van der Waals surface area contributed by atoms with Gasteiger partial charge >= 0.3 is 0 Å². The van der Waals surface area contributed by atoms with Crippen LogP contribution in [0.3, 0.4) is 0 Å². The molecule has 0 radical (unpaired) electrons. The second-order valence-electron chi connectivity index (χ2n) is 5.50. The maximum absolute atomic E-state index is 9.82. The fourth-order valence-electron chi connectivity index (χ4n) is 2.38. The first-order chi connectivity index (χ1) is 9.73. The van der Waals surface area contributed by atoms with Crippen LogP contribution in [0.4, 0.5) is 0 Å². The maximum Gasteiger partial charge on any atom is 0.189 e. The van der Waals surface area contributed by atoms with E-state index in [0.29, 0.717) is 0 Å². The summed E-state index contributed by atoms with van der Waals surface area (Å²) in [4.78, 5) is 0. The van der Waals surface area contributed by atoms with Gasteiger partial charge in [-0.05, 0) is 13.8 Å². The Kier molecular flexibility index (Phi) is 5.19. The molecule has 0 bridgehead atoms. The van der Waals surface area contributed by atoms with Crippen LogP contribution in [0.5, 0.6) is 0 Å². The molecule has 0 aliphatic carbocycles. The third kappa shape index (κ3) is 3.21. The van der Waals surface area contributed by atoms with Crippen LogP contribution in [0.15, 0.2) is 0 Å². The number of hydrogen-bond acceptors (Lipinski definition) is 9. The van der Waals surface area contributed by atoms with Gasteiger partial charge in [0.05, 0.1) is 12.2 Å². The molecular formula is C12H22O9. The van der Waals surface area contributed by atoms with Crippen LogP contribution in [-0.2, 0) is 14.2 Å². The molecule has 2 aliphatic rings. The van der Waals surface area contributed by atoms with Gasteiger partial charge in [0.2, 0.25) is 0 Å². The van der Waals surface area contributed by atoms with Gasteiger partial charge < -0.3 is 44.8 Å². The lowest BCUT2D eigenvalue weighted by molar-refractivity contribution is -0.370. The fraction of sp³-hybridized carbons (Fsp3) is 1.00. The zero-order valence-corrected chi connectivity index (χ0v) is 11.7. The first kappa shape index (κ1) is 17.0. The summed E-state index contributed by atoms with van der Waals surface area (Å²) < 4.78 is 15.7. The summed E-state index contributed by atoms with van der Waals surface area (Å²) in [5, 5.41) is 58.1. The third-order valence-corrected chi connectivity index (χ3v) is 3.89. The summed E-state index contributed by atoms with van der Waals surface area (Å²) >= 11 is 0. The van der Waals surface area contributed by atoms with E-state index in [1.165, 1.54) is 13.8 Å². The molecule has 2 rings (SSSR count). The largest absolute Gasteiger partial charge is 0.388 e. The zero-order valence-electron chi connectivity index (χ0n) is 11.7. The van der Waals surface area contributed by atoms with Gasteiger partial charge in [-0.25, -0.2) is 0 Å². The second kappa shape index (κ2) is 6.41. The minimum absolute atomic E-state index is 0.804. The Labute approximate surface area is 121 Å². The molecule has 10 atom stereocenters. The molecule has 0 spiro atoms. The molecule has 0 aromatic rings. The molecule has 124 valence electrons. The van der Waals surface area contributed by atoms with Crippen molar-refractivity contribution < 1.29 is 44.8 Å². The molecule has 21 heavy (non-hydrogen) atoms. The van der Waals surface area contributed by atoms with Crippen molar-refractivity contribution in [1.29, 1.82) is 0 Å². The SMILES string of the molecule is C[C@@H]1OC(OC2O[C@@H](C)[C@@H](O)[C@@H](O)[C@@H]2O)[C@@H](O)[C@H](O)[C@@H]1O. The van der Waals surface area contributed by atoms with Crippen LogP contribution in [0.2, 0.25) is 0 Å². The van der Waals surface area contributed by atoms with Gasteiger partial charge in [0.1, 0.15) is 36.6 Å². The fourth-order valence-corrected chi connectivity index (χ4v) is 2.38. The Morgan fingerprint density at radius 3 is 1.24 bits per heavy atom. The van der Waals surface area contributed by atoms with Crippen molar-refractivity contribution in [2.24, 2.45) is 0 Å². The van der Waals surface area contributed by atoms with Crippen molar-refractivity contribution in [2.45, 2.75) is 75.3 Å². The van der Waals surface area contributed by atoms with E-state index in [1.807, 2.05) is 0 Å². The van der Waals surface area contributed by atoms with Crippen LogP contribution < -0.4 is 0 Å². The molecule has 2 unspecified atom stereocenters. The first-order valence-electron chi connectivity index (χ1n) is 6.78. The molecule has 6 N–H and O–H groups in total. The first-order valence-corrected chi connectivity index (χ1v) is 6.78. The van der Waals surface area contributed by atoms with Gasteiger partial charge in [-0.3, -0.25) is 0 Å². The second-order valence-corrected chi connectivity index (χ2v) is 5.50. The molecule has 2 aliphatic heterocycles. The van der Waals surface area contributed by atoms with E-state index in [0.717, 1.165) is 0 Å². The maximum atomic E-state index is 9.82. The zero-order chi connectivity index (χ0) is 15.9. The average Bonchev–Trinajstić information content (AvgIpc) is 2.45. The number of aliphatic hydroxyl groups excluding tert-OH is 6. The van der Waals surface area contributed by atoms with Crippen LogP contribution in [0.1, 0.15) is 13.8 Å². The Morgan fingerprint density at radius 2 is 0.905 bits per heavy atom. The van der Waals surface area contributed by atoms with E-state index in [2.05, 4.69) is 0 Å². The van der Waals surface area contributed by atoms with E-state index < -0.39 is 61.4 Å². The predicted molar refractivity (Wildman–Crippen MR) is 65.8 cm³/mol. The number of rotatable bonds is 2. The van der Waals surface area contributed by atoms with Crippen LogP contribution >= 0.6 is 0 Å². The summed E-state index contributed by atoms with van der Waals surface area (Å²) in [5.74, 6) is 0. The molecule has 0 aromatic carbocycles. The minimum Gasteiger partial charge on any atom is -0.388 e. The van der Waals surface area contributed by atoms with Crippen molar-refractivity contribution in [3.8, 4) is 0 Å². The van der Waals surface area contributed by atoms with Crippen LogP contribution in [-0.4, -0.2) is 92.1 Å². The van der Waals surface area contributed by atoms with Gasteiger partial charge in [0.15, 0.2) is 12.6 Å². The topological polar surface area (TPSA) is 149 Å². The van der Waals surface area contributed by atoms with Crippen LogP contribution in [0.25, 0.3) is 0 Å². The molecule has 0 saturated carbocycles. The monoisotopic (exact) mass is 310 g/mol. The van der Waals surface area contributed by atoms with E-state index in [1.54, 1.807) is 0 Å². The lowest BCUT2D eigenvalue weighted by Crippen LogP contribution is -2.62. The van der Waals surface area contributed by atoms with E-state index in [-0.39, 0.29) is 0 Å². The Morgan fingerprint density at radius 1 is 0.571 bits per heavy atom. The Bertz CT molecular complexity index is 322. The van der Waals surface area contributed by atoms with Crippen LogP contribution in [0, 0.1) is 0 Å². The number of ether oxygens (including phenoxy) is 3.